The Morgan fingerprint density at radius 3 is 2.94 bits per heavy atom. The van der Waals surface area contributed by atoms with Gasteiger partial charge in [0.25, 0.3) is 0 Å². The second-order valence-corrected chi connectivity index (χ2v) is 5.96. The summed E-state index contributed by atoms with van der Waals surface area (Å²) in [6, 6.07) is 4.45. The van der Waals surface area contributed by atoms with Crippen LogP contribution in [0.5, 0.6) is 0 Å². The van der Waals surface area contributed by atoms with Crippen LogP contribution in [0.1, 0.15) is 32.4 Å². The van der Waals surface area contributed by atoms with Crippen molar-refractivity contribution in [3.05, 3.63) is 28.5 Å². The summed E-state index contributed by atoms with van der Waals surface area (Å²) in [5.41, 5.74) is 1.06. The lowest BCUT2D eigenvalue weighted by atomic mass is 9.89. The first-order valence-electron chi connectivity index (χ1n) is 6.62. The van der Waals surface area contributed by atoms with Gasteiger partial charge in [-0.05, 0) is 54.4 Å². The third-order valence-corrected chi connectivity index (χ3v) is 4.11. The normalized spacial score (nSPS) is 25.3. The van der Waals surface area contributed by atoms with E-state index in [1.165, 1.54) is 0 Å². The molecule has 4 heteroatoms. The predicted molar refractivity (Wildman–Crippen MR) is 76.7 cm³/mol. The lowest BCUT2D eigenvalue weighted by molar-refractivity contribution is -0.0113. The summed E-state index contributed by atoms with van der Waals surface area (Å²) in [6.45, 7) is 6.19. The van der Waals surface area contributed by atoms with Gasteiger partial charge < -0.3 is 10.1 Å². The zero-order valence-electron chi connectivity index (χ0n) is 11.1. The lowest BCUT2D eigenvalue weighted by Crippen LogP contribution is -2.49. The van der Waals surface area contributed by atoms with E-state index < -0.39 is 0 Å². The molecule has 2 rings (SSSR count). The zero-order chi connectivity index (χ0) is 13.0. The van der Waals surface area contributed by atoms with Crippen LogP contribution in [0.4, 0.5) is 0 Å². The van der Waals surface area contributed by atoms with Gasteiger partial charge in [0, 0.05) is 35.4 Å². The Kier molecular flexibility index (Phi) is 4.76. The topological polar surface area (TPSA) is 34.2 Å². The molecule has 18 heavy (non-hydrogen) atoms. The highest BCUT2D eigenvalue weighted by molar-refractivity contribution is 9.10. The monoisotopic (exact) mass is 312 g/mol. The van der Waals surface area contributed by atoms with E-state index in [2.05, 4.69) is 46.1 Å². The summed E-state index contributed by atoms with van der Waals surface area (Å²) < 4.78 is 6.97. The average molecular weight is 313 g/mol. The van der Waals surface area contributed by atoms with Crippen LogP contribution in [-0.2, 0) is 11.2 Å². The Morgan fingerprint density at radius 2 is 2.39 bits per heavy atom. The lowest BCUT2D eigenvalue weighted by Gasteiger charge is -2.33. The Morgan fingerprint density at radius 1 is 1.56 bits per heavy atom. The van der Waals surface area contributed by atoms with E-state index in [-0.39, 0.29) is 5.60 Å². The Hall–Kier alpha value is -0.450. The van der Waals surface area contributed by atoms with E-state index in [9.17, 15) is 0 Å². The number of ether oxygens (including phenoxy) is 1. The van der Waals surface area contributed by atoms with Crippen LogP contribution in [0.25, 0.3) is 0 Å². The summed E-state index contributed by atoms with van der Waals surface area (Å²) in [4.78, 5) is 4.46. The second kappa shape index (κ2) is 6.13. The van der Waals surface area contributed by atoms with Crippen molar-refractivity contribution in [3.63, 3.8) is 0 Å². The molecule has 1 N–H and O–H groups in total. The summed E-state index contributed by atoms with van der Waals surface area (Å²) in [5, 5.41) is 3.55. The van der Waals surface area contributed by atoms with E-state index >= 15 is 0 Å². The molecule has 0 aliphatic carbocycles. The van der Waals surface area contributed by atoms with Crippen molar-refractivity contribution in [2.75, 3.05) is 13.2 Å². The number of nitrogens with zero attached hydrogens (tertiary/aromatic N) is 1. The van der Waals surface area contributed by atoms with Gasteiger partial charge in [-0.15, -0.1) is 0 Å². The minimum atomic E-state index is -0.0508. The summed E-state index contributed by atoms with van der Waals surface area (Å²) in [7, 11) is 0. The van der Waals surface area contributed by atoms with Crippen LogP contribution < -0.4 is 5.32 Å². The van der Waals surface area contributed by atoms with E-state index in [0.29, 0.717) is 6.04 Å². The van der Waals surface area contributed by atoms with Crippen LogP contribution >= 0.6 is 15.9 Å². The smallest absolute Gasteiger partial charge is 0.0811 e. The highest BCUT2D eigenvalue weighted by Crippen LogP contribution is 2.30. The largest absolute Gasteiger partial charge is 0.374 e. The van der Waals surface area contributed by atoms with Crippen LogP contribution in [0, 0.1) is 0 Å². The van der Waals surface area contributed by atoms with Crippen molar-refractivity contribution in [3.8, 4) is 0 Å². The van der Waals surface area contributed by atoms with Gasteiger partial charge in [-0.25, -0.2) is 0 Å². The molecule has 1 fully saturated rings. The van der Waals surface area contributed by atoms with E-state index in [4.69, 9.17) is 4.74 Å². The van der Waals surface area contributed by atoms with Crippen molar-refractivity contribution < 1.29 is 4.74 Å². The number of nitrogens with one attached hydrogen (secondary N) is 1. The highest BCUT2D eigenvalue weighted by atomic mass is 79.9. The van der Waals surface area contributed by atoms with Crippen LogP contribution in [0.2, 0.25) is 0 Å². The van der Waals surface area contributed by atoms with Gasteiger partial charge in [0.15, 0.2) is 0 Å². The molecular weight excluding hydrogens is 292 g/mol. The molecule has 0 spiro atoms. The standard InChI is InChI=1S/C14H21BrN2O/c1-3-16-13(14(2)7-4-8-18-14)9-12-6-5-11(15)10-17-12/h5-6,10,13,16H,3-4,7-9H2,1-2H3. The van der Waals surface area contributed by atoms with Crippen molar-refractivity contribution in [2.45, 2.75) is 44.8 Å². The van der Waals surface area contributed by atoms with Crippen LogP contribution in [0.15, 0.2) is 22.8 Å². The molecule has 0 bridgehead atoms. The molecule has 2 unspecified atom stereocenters. The van der Waals surface area contributed by atoms with Crippen molar-refractivity contribution in [2.24, 2.45) is 0 Å². The first-order valence-corrected chi connectivity index (χ1v) is 7.41. The van der Waals surface area contributed by atoms with Gasteiger partial charge in [0.05, 0.1) is 5.60 Å². The molecule has 1 aliphatic heterocycles. The average Bonchev–Trinajstić information content (AvgIpc) is 2.80. The molecule has 100 valence electrons. The van der Waals surface area contributed by atoms with Gasteiger partial charge in [-0.3, -0.25) is 4.98 Å². The summed E-state index contributed by atoms with van der Waals surface area (Å²) in [5.74, 6) is 0. The third kappa shape index (κ3) is 3.31. The fourth-order valence-electron chi connectivity index (χ4n) is 2.56. The Balaban J connectivity index is 2.08. The maximum Gasteiger partial charge on any atom is 0.0811 e. The molecule has 0 saturated carbocycles. The summed E-state index contributed by atoms with van der Waals surface area (Å²) in [6.07, 6.45) is 5.06. The van der Waals surface area contributed by atoms with Gasteiger partial charge in [0.2, 0.25) is 0 Å². The van der Waals surface area contributed by atoms with Gasteiger partial charge >= 0.3 is 0 Å². The number of halogens is 1. The van der Waals surface area contributed by atoms with Crippen LogP contribution in [0.3, 0.4) is 0 Å². The molecule has 1 aromatic heterocycles. The molecule has 1 aromatic rings. The number of rotatable bonds is 5. The zero-order valence-corrected chi connectivity index (χ0v) is 12.7. The third-order valence-electron chi connectivity index (χ3n) is 3.64. The molecule has 3 nitrogen and oxygen atoms in total. The predicted octanol–water partition coefficient (Wildman–Crippen LogP) is 2.93. The fourth-order valence-corrected chi connectivity index (χ4v) is 2.80. The quantitative estimate of drug-likeness (QED) is 0.907. The van der Waals surface area contributed by atoms with Gasteiger partial charge in [0.1, 0.15) is 0 Å². The van der Waals surface area contributed by atoms with Crippen LogP contribution in [-0.4, -0.2) is 29.8 Å². The number of likely N-dealkylation sites (N-methyl/N-ethyl adjacent to an activating group) is 1. The maximum atomic E-state index is 5.95. The van der Waals surface area contributed by atoms with E-state index in [0.717, 1.165) is 42.6 Å². The number of hydrogen-bond acceptors (Lipinski definition) is 3. The number of hydrogen-bond donors (Lipinski definition) is 1. The van der Waals surface area contributed by atoms with Gasteiger partial charge in [-0.2, -0.15) is 0 Å². The molecule has 2 heterocycles. The Labute approximate surface area is 117 Å². The van der Waals surface area contributed by atoms with Gasteiger partial charge in [-0.1, -0.05) is 6.92 Å². The second-order valence-electron chi connectivity index (χ2n) is 5.05. The minimum absolute atomic E-state index is 0.0508. The first kappa shape index (κ1) is 14.0. The van der Waals surface area contributed by atoms with E-state index in [1.54, 1.807) is 0 Å². The molecule has 1 aliphatic rings. The van der Waals surface area contributed by atoms with Crippen molar-refractivity contribution in [1.29, 1.82) is 0 Å². The summed E-state index contributed by atoms with van der Waals surface area (Å²) >= 11 is 3.42. The Bertz CT molecular complexity index is 374. The molecule has 1 saturated heterocycles. The van der Waals surface area contributed by atoms with Crippen molar-refractivity contribution >= 4 is 15.9 Å². The molecule has 0 radical (unpaired) electrons. The first-order chi connectivity index (χ1) is 8.64. The molecular formula is C14H21BrN2O. The minimum Gasteiger partial charge on any atom is -0.374 e. The molecule has 0 aromatic carbocycles. The highest BCUT2D eigenvalue weighted by Gasteiger charge is 2.38. The van der Waals surface area contributed by atoms with E-state index in [1.807, 2.05) is 12.3 Å². The molecule has 0 amide bonds. The molecule has 2 atom stereocenters. The number of pyridine rings is 1. The van der Waals surface area contributed by atoms with Crippen molar-refractivity contribution in [1.82, 2.24) is 10.3 Å². The fraction of sp³-hybridized carbons (Fsp3) is 0.643. The number of aromatic nitrogens is 1. The maximum absolute atomic E-state index is 5.95. The SMILES string of the molecule is CCNC(Cc1ccc(Br)cn1)C1(C)CCCO1.